The second kappa shape index (κ2) is 4.74. The monoisotopic (exact) mass is 148 g/mol. The van der Waals surface area contributed by atoms with Crippen LogP contribution in [0.2, 0.25) is 0 Å². The number of halogens is 2. The molecule has 0 rings (SSSR count). The molecule has 56 valence electrons. The molecular formula is C6H6F2O2. The summed E-state index contributed by atoms with van der Waals surface area (Å²) < 4.78 is 26.6. The van der Waals surface area contributed by atoms with Crippen molar-refractivity contribution >= 4 is 5.97 Å². The quantitative estimate of drug-likeness (QED) is 0.428. The smallest absolute Gasteiger partial charge is 0.374 e. The van der Waals surface area contributed by atoms with Gasteiger partial charge in [0.15, 0.2) is 6.61 Å². The Labute approximate surface area is 57.2 Å². The Balaban J connectivity index is 3.47. The molecule has 0 unspecified atom stereocenters. The lowest BCUT2D eigenvalue weighted by Gasteiger charge is -1.96. The van der Waals surface area contributed by atoms with Gasteiger partial charge in [0.25, 0.3) is 0 Å². The molecule has 4 heteroatoms. The van der Waals surface area contributed by atoms with Crippen molar-refractivity contribution in [1.82, 2.24) is 0 Å². The summed E-state index contributed by atoms with van der Waals surface area (Å²) in [6.07, 6.45) is -3.06. The van der Waals surface area contributed by atoms with E-state index in [1.165, 1.54) is 6.92 Å². The van der Waals surface area contributed by atoms with Crippen LogP contribution < -0.4 is 0 Å². The van der Waals surface area contributed by atoms with Crippen LogP contribution in [0.15, 0.2) is 0 Å². The van der Waals surface area contributed by atoms with Crippen molar-refractivity contribution < 1.29 is 18.3 Å². The Morgan fingerprint density at radius 3 is 2.70 bits per heavy atom. The predicted octanol–water partition coefficient (Wildman–Crippen LogP) is 0.818. The van der Waals surface area contributed by atoms with Crippen LogP contribution >= 0.6 is 0 Å². The summed E-state index contributed by atoms with van der Waals surface area (Å²) >= 11 is 0. The minimum Gasteiger partial charge on any atom is -0.448 e. The highest BCUT2D eigenvalue weighted by molar-refractivity contribution is 5.72. The van der Waals surface area contributed by atoms with E-state index in [9.17, 15) is 13.6 Å². The molecule has 0 aromatic rings. The Hall–Kier alpha value is -1.11. The third-order valence-electron chi connectivity index (χ3n) is 0.642. The number of ether oxygens (including phenoxy) is 1. The normalized spacial score (nSPS) is 8.40. The second-order valence-corrected chi connectivity index (χ2v) is 1.34. The standard InChI is InChI=1S/C6H6F2O2/c1-2-3-4-10-6(9)5(7)8/h5H,4H2,1H3. The third-order valence-corrected chi connectivity index (χ3v) is 0.642. The Kier molecular flexibility index (Phi) is 4.21. The summed E-state index contributed by atoms with van der Waals surface area (Å²) in [5.74, 6) is 3.17. The molecule has 0 heterocycles. The lowest BCUT2D eigenvalue weighted by molar-refractivity contribution is -0.154. The maximum absolute atomic E-state index is 11.3. The molecule has 0 bridgehead atoms. The van der Waals surface area contributed by atoms with Gasteiger partial charge < -0.3 is 4.74 Å². The molecule has 10 heavy (non-hydrogen) atoms. The summed E-state index contributed by atoms with van der Waals surface area (Å²) in [6, 6.07) is 0. The van der Waals surface area contributed by atoms with Crippen LogP contribution in [-0.4, -0.2) is 19.0 Å². The van der Waals surface area contributed by atoms with Gasteiger partial charge in [-0.1, -0.05) is 5.92 Å². The molecule has 0 aromatic heterocycles. The molecule has 0 atom stereocenters. The zero-order chi connectivity index (χ0) is 7.98. The van der Waals surface area contributed by atoms with Crippen molar-refractivity contribution in [2.45, 2.75) is 13.3 Å². The van der Waals surface area contributed by atoms with Gasteiger partial charge in [0.2, 0.25) is 0 Å². The van der Waals surface area contributed by atoms with E-state index in [2.05, 4.69) is 16.6 Å². The van der Waals surface area contributed by atoms with Crippen molar-refractivity contribution in [3.63, 3.8) is 0 Å². The van der Waals surface area contributed by atoms with Gasteiger partial charge in [0, 0.05) is 0 Å². The summed E-state index contributed by atoms with van der Waals surface area (Å²) in [4.78, 5) is 9.98. The molecule has 0 saturated heterocycles. The molecule has 0 aromatic carbocycles. The highest BCUT2D eigenvalue weighted by atomic mass is 19.3. The topological polar surface area (TPSA) is 26.3 Å². The SMILES string of the molecule is CC#CCOC(=O)C(F)F. The highest BCUT2D eigenvalue weighted by Gasteiger charge is 2.15. The van der Waals surface area contributed by atoms with E-state index in [1.54, 1.807) is 0 Å². The number of carbonyl (C=O) groups is 1. The average Bonchev–Trinajstić information content (AvgIpc) is 1.88. The van der Waals surface area contributed by atoms with Gasteiger partial charge in [-0.2, -0.15) is 8.78 Å². The first-order valence-corrected chi connectivity index (χ1v) is 2.53. The minimum absolute atomic E-state index is 0.264. The first kappa shape index (κ1) is 8.89. The molecule has 2 nitrogen and oxygen atoms in total. The van der Waals surface area contributed by atoms with Gasteiger partial charge in [0.05, 0.1) is 0 Å². The molecule has 0 radical (unpaired) electrons. The van der Waals surface area contributed by atoms with Crippen LogP contribution in [-0.2, 0) is 9.53 Å². The number of esters is 1. The minimum atomic E-state index is -3.06. The van der Waals surface area contributed by atoms with Crippen molar-refractivity contribution in [3.8, 4) is 11.8 Å². The van der Waals surface area contributed by atoms with E-state index in [-0.39, 0.29) is 6.61 Å². The van der Waals surface area contributed by atoms with Crippen molar-refractivity contribution in [3.05, 3.63) is 0 Å². The van der Waals surface area contributed by atoms with E-state index in [0.29, 0.717) is 0 Å². The fraction of sp³-hybridized carbons (Fsp3) is 0.500. The van der Waals surface area contributed by atoms with E-state index < -0.39 is 12.4 Å². The van der Waals surface area contributed by atoms with E-state index in [1.807, 2.05) is 0 Å². The van der Waals surface area contributed by atoms with Gasteiger partial charge in [-0.3, -0.25) is 0 Å². The van der Waals surface area contributed by atoms with Gasteiger partial charge >= 0.3 is 12.4 Å². The van der Waals surface area contributed by atoms with Crippen LogP contribution in [0.5, 0.6) is 0 Å². The molecular weight excluding hydrogens is 142 g/mol. The first-order valence-electron chi connectivity index (χ1n) is 2.53. The van der Waals surface area contributed by atoms with Gasteiger partial charge in [-0.15, -0.1) is 5.92 Å². The van der Waals surface area contributed by atoms with Crippen LogP contribution in [0, 0.1) is 11.8 Å². The largest absolute Gasteiger partial charge is 0.448 e. The summed E-state index contributed by atoms with van der Waals surface area (Å²) in [5.41, 5.74) is 0. The Morgan fingerprint density at radius 2 is 2.30 bits per heavy atom. The van der Waals surface area contributed by atoms with Crippen LogP contribution in [0.1, 0.15) is 6.92 Å². The van der Waals surface area contributed by atoms with Crippen molar-refractivity contribution in [1.29, 1.82) is 0 Å². The van der Waals surface area contributed by atoms with Crippen molar-refractivity contribution in [2.75, 3.05) is 6.61 Å². The number of carbonyl (C=O) groups excluding carboxylic acids is 1. The highest BCUT2D eigenvalue weighted by Crippen LogP contribution is 1.94. The van der Waals surface area contributed by atoms with Gasteiger partial charge in [-0.25, -0.2) is 4.79 Å². The summed E-state index contributed by atoms with van der Waals surface area (Å²) in [7, 11) is 0. The van der Waals surface area contributed by atoms with Crippen molar-refractivity contribution in [2.24, 2.45) is 0 Å². The molecule has 0 fully saturated rings. The number of hydrogen-bond acceptors (Lipinski definition) is 2. The second-order valence-electron chi connectivity index (χ2n) is 1.34. The number of hydrogen-bond donors (Lipinski definition) is 0. The Morgan fingerprint density at radius 1 is 1.70 bits per heavy atom. The number of rotatable bonds is 2. The third kappa shape index (κ3) is 3.84. The maximum Gasteiger partial charge on any atom is 0.374 e. The van der Waals surface area contributed by atoms with E-state index in [0.717, 1.165) is 0 Å². The van der Waals surface area contributed by atoms with E-state index >= 15 is 0 Å². The summed E-state index contributed by atoms with van der Waals surface area (Å²) in [6.45, 7) is 1.26. The molecule has 0 amide bonds. The molecule has 0 spiro atoms. The molecule has 0 saturated carbocycles. The zero-order valence-corrected chi connectivity index (χ0v) is 5.36. The molecule has 0 aliphatic carbocycles. The first-order chi connectivity index (χ1) is 4.68. The van der Waals surface area contributed by atoms with Crippen LogP contribution in [0.4, 0.5) is 8.78 Å². The fourth-order valence-electron chi connectivity index (χ4n) is 0.242. The van der Waals surface area contributed by atoms with Gasteiger partial charge in [-0.05, 0) is 6.92 Å². The lowest BCUT2D eigenvalue weighted by atomic mass is 10.6. The molecule has 0 N–H and O–H groups in total. The van der Waals surface area contributed by atoms with Crippen LogP contribution in [0.3, 0.4) is 0 Å². The Bertz CT molecular complexity index is 166. The number of alkyl halides is 2. The summed E-state index contributed by atoms with van der Waals surface area (Å²) in [5, 5.41) is 0. The average molecular weight is 148 g/mol. The van der Waals surface area contributed by atoms with Crippen LogP contribution in [0.25, 0.3) is 0 Å². The molecule has 0 aliphatic heterocycles. The predicted molar refractivity (Wildman–Crippen MR) is 30.4 cm³/mol. The van der Waals surface area contributed by atoms with E-state index in [4.69, 9.17) is 0 Å². The molecule has 0 aliphatic rings. The maximum atomic E-state index is 11.3. The zero-order valence-electron chi connectivity index (χ0n) is 5.36. The fourth-order valence-corrected chi connectivity index (χ4v) is 0.242. The van der Waals surface area contributed by atoms with Gasteiger partial charge in [0.1, 0.15) is 0 Å². The lowest BCUT2D eigenvalue weighted by Crippen LogP contribution is -2.13.